The Hall–Kier alpha value is -2.31. The molecule has 22 heavy (non-hydrogen) atoms. The van der Waals surface area contributed by atoms with E-state index in [-0.39, 0.29) is 0 Å². The average Bonchev–Trinajstić information content (AvgIpc) is 2.55. The van der Waals surface area contributed by atoms with Gasteiger partial charge < -0.3 is 10.1 Å². The number of rotatable bonds is 5. The molecule has 6 nitrogen and oxygen atoms in total. The lowest BCUT2D eigenvalue weighted by atomic mass is 10.1. The molecule has 1 aromatic heterocycles. The molecular weight excluding hydrogens is 304 g/mol. The lowest BCUT2D eigenvalue weighted by molar-refractivity contribution is -0.109. The van der Waals surface area contributed by atoms with Crippen molar-refractivity contribution in [2.24, 2.45) is 5.84 Å². The standard InChI is InChI=1S/C14H15ClN2O.CH4N2O/c1-10-4-3-5-13(16-2)11(10)9-18-14-8-17-7-6-12(14)15;2-3-1-4/h3-8,16H,9H2,1-2H3;1H,2H2,(H,3,4). The Bertz CT molecular complexity index is 608. The SMILES string of the molecule is CNc1cccc(C)c1COc1cnccc1Cl.NNC=O. The Morgan fingerprint density at radius 2 is 2.14 bits per heavy atom. The predicted octanol–water partition coefficient (Wildman–Crippen LogP) is 2.27. The molecule has 0 atom stereocenters. The number of amides is 1. The van der Waals surface area contributed by atoms with Gasteiger partial charge in [0.1, 0.15) is 6.61 Å². The molecule has 118 valence electrons. The molecule has 1 amide bonds. The zero-order valence-corrected chi connectivity index (χ0v) is 13.2. The summed E-state index contributed by atoms with van der Waals surface area (Å²) in [5.41, 5.74) is 5.12. The fourth-order valence-electron chi connectivity index (χ4n) is 1.75. The van der Waals surface area contributed by atoms with Crippen LogP contribution in [0.1, 0.15) is 11.1 Å². The number of aryl methyl sites for hydroxylation is 1. The predicted molar refractivity (Wildman–Crippen MR) is 87.7 cm³/mol. The summed E-state index contributed by atoms with van der Waals surface area (Å²) in [7, 11) is 1.90. The van der Waals surface area contributed by atoms with Gasteiger partial charge in [0, 0.05) is 24.5 Å². The van der Waals surface area contributed by atoms with Crippen molar-refractivity contribution in [1.82, 2.24) is 10.4 Å². The summed E-state index contributed by atoms with van der Waals surface area (Å²) in [6, 6.07) is 7.82. The van der Waals surface area contributed by atoms with E-state index in [1.807, 2.05) is 19.2 Å². The maximum Gasteiger partial charge on any atom is 0.221 e. The quantitative estimate of drug-likeness (QED) is 0.340. The monoisotopic (exact) mass is 322 g/mol. The molecule has 0 unspecified atom stereocenters. The van der Waals surface area contributed by atoms with Crippen LogP contribution in [0.4, 0.5) is 5.69 Å². The summed E-state index contributed by atoms with van der Waals surface area (Å²) in [4.78, 5) is 12.9. The van der Waals surface area contributed by atoms with Crippen LogP contribution in [0.15, 0.2) is 36.7 Å². The lowest BCUT2D eigenvalue weighted by Crippen LogP contribution is -2.18. The number of nitrogens with two attached hydrogens (primary N) is 1. The normalized spacial score (nSPS) is 9.27. The number of ether oxygens (including phenoxy) is 1. The fraction of sp³-hybridized carbons (Fsp3) is 0.200. The fourth-order valence-corrected chi connectivity index (χ4v) is 1.91. The number of benzene rings is 1. The van der Waals surface area contributed by atoms with Gasteiger partial charge >= 0.3 is 0 Å². The van der Waals surface area contributed by atoms with Gasteiger partial charge in [0.25, 0.3) is 0 Å². The number of nitrogens with one attached hydrogen (secondary N) is 2. The number of anilines is 1. The highest BCUT2D eigenvalue weighted by Gasteiger charge is 2.07. The van der Waals surface area contributed by atoms with Gasteiger partial charge in [0.05, 0.1) is 11.2 Å². The molecule has 0 saturated carbocycles. The van der Waals surface area contributed by atoms with Gasteiger partial charge in [0.15, 0.2) is 5.75 Å². The second-order valence-electron chi connectivity index (χ2n) is 4.23. The van der Waals surface area contributed by atoms with Crippen LogP contribution < -0.4 is 21.3 Å². The van der Waals surface area contributed by atoms with E-state index in [9.17, 15) is 0 Å². The minimum absolute atomic E-state index is 0.403. The molecule has 0 fully saturated rings. The van der Waals surface area contributed by atoms with Gasteiger partial charge in [-0.3, -0.25) is 15.2 Å². The average molecular weight is 323 g/mol. The molecule has 0 bridgehead atoms. The molecule has 1 aromatic carbocycles. The van der Waals surface area contributed by atoms with E-state index in [0.717, 1.165) is 11.3 Å². The summed E-state index contributed by atoms with van der Waals surface area (Å²) in [5.74, 6) is 5.01. The van der Waals surface area contributed by atoms with E-state index in [1.165, 1.54) is 5.56 Å². The van der Waals surface area contributed by atoms with Crippen molar-refractivity contribution in [3.05, 3.63) is 52.8 Å². The second-order valence-corrected chi connectivity index (χ2v) is 4.64. The van der Waals surface area contributed by atoms with Gasteiger partial charge in [-0.2, -0.15) is 0 Å². The number of carbonyl (C=O) groups excluding carboxylic acids is 1. The molecule has 4 N–H and O–H groups in total. The molecule has 0 aliphatic rings. The van der Waals surface area contributed by atoms with Gasteiger partial charge in [0.2, 0.25) is 6.41 Å². The van der Waals surface area contributed by atoms with E-state index in [1.54, 1.807) is 23.9 Å². The highest BCUT2D eigenvalue weighted by atomic mass is 35.5. The molecule has 0 spiro atoms. The van der Waals surface area contributed by atoms with E-state index >= 15 is 0 Å². The highest BCUT2D eigenvalue weighted by Crippen LogP contribution is 2.25. The first-order valence-corrected chi connectivity index (χ1v) is 6.90. The van der Waals surface area contributed by atoms with Crippen LogP contribution in [0.25, 0.3) is 0 Å². The number of hydrogen-bond acceptors (Lipinski definition) is 5. The van der Waals surface area contributed by atoms with Crippen molar-refractivity contribution in [2.45, 2.75) is 13.5 Å². The Kier molecular flexibility index (Phi) is 7.74. The van der Waals surface area contributed by atoms with Crippen LogP contribution in [-0.2, 0) is 11.4 Å². The Balaban J connectivity index is 0.000000541. The first kappa shape index (κ1) is 17.7. The van der Waals surface area contributed by atoms with Gasteiger partial charge in [-0.1, -0.05) is 23.7 Å². The van der Waals surface area contributed by atoms with Crippen LogP contribution in [0, 0.1) is 6.92 Å². The zero-order valence-electron chi connectivity index (χ0n) is 12.5. The Morgan fingerprint density at radius 1 is 1.41 bits per heavy atom. The number of pyridine rings is 1. The number of hydrazine groups is 1. The van der Waals surface area contributed by atoms with Crippen LogP contribution in [0.5, 0.6) is 5.75 Å². The smallest absolute Gasteiger partial charge is 0.221 e. The largest absolute Gasteiger partial charge is 0.486 e. The highest BCUT2D eigenvalue weighted by molar-refractivity contribution is 6.31. The van der Waals surface area contributed by atoms with E-state index in [4.69, 9.17) is 21.1 Å². The van der Waals surface area contributed by atoms with E-state index in [2.05, 4.69) is 29.1 Å². The maximum atomic E-state index is 8.94. The number of nitrogens with zero attached hydrogens (tertiary/aromatic N) is 1. The number of aromatic nitrogens is 1. The third kappa shape index (κ3) is 5.23. The molecule has 0 aliphatic heterocycles. The van der Waals surface area contributed by atoms with Crippen molar-refractivity contribution >= 4 is 23.7 Å². The summed E-state index contributed by atoms with van der Waals surface area (Å²) < 4.78 is 5.71. The van der Waals surface area contributed by atoms with Crippen LogP contribution >= 0.6 is 11.6 Å². The van der Waals surface area contributed by atoms with Crippen molar-refractivity contribution in [1.29, 1.82) is 0 Å². The summed E-state index contributed by atoms with van der Waals surface area (Å²) in [6.45, 7) is 2.53. The first-order chi connectivity index (χ1) is 10.6. The van der Waals surface area contributed by atoms with E-state index in [0.29, 0.717) is 23.8 Å². The molecular formula is C15H19ClN4O2. The minimum Gasteiger partial charge on any atom is -0.486 e. The molecule has 7 heteroatoms. The number of carbonyl (C=O) groups is 1. The second kappa shape index (κ2) is 9.59. The molecule has 1 heterocycles. The van der Waals surface area contributed by atoms with Crippen LogP contribution in [0.2, 0.25) is 5.02 Å². The van der Waals surface area contributed by atoms with Crippen molar-refractivity contribution < 1.29 is 9.53 Å². The van der Waals surface area contributed by atoms with Gasteiger partial charge in [-0.05, 0) is 24.6 Å². The van der Waals surface area contributed by atoms with Crippen LogP contribution in [0.3, 0.4) is 0 Å². The van der Waals surface area contributed by atoms with Gasteiger partial charge in [-0.15, -0.1) is 0 Å². The molecule has 0 saturated heterocycles. The summed E-state index contributed by atoms with van der Waals surface area (Å²) in [6.07, 6.45) is 3.67. The van der Waals surface area contributed by atoms with Crippen molar-refractivity contribution in [2.75, 3.05) is 12.4 Å². The Labute approximate surface area is 134 Å². The number of hydrogen-bond donors (Lipinski definition) is 3. The third-order valence-electron chi connectivity index (χ3n) is 2.85. The first-order valence-electron chi connectivity index (χ1n) is 6.52. The van der Waals surface area contributed by atoms with Crippen molar-refractivity contribution in [3.63, 3.8) is 0 Å². The number of halogens is 1. The maximum absolute atomic E-state index is 8.94. The lowest BCUT2D eigenvalue weighted by Gasteiger charge is -2.13. The van der Waals surface area contributed by atoms with Gasteiger partial charge in [-0.25, -0.2) is 5.84 Å². The van der Waals surface area contributed by atoms with Crippen LogP contribution in [-0.4, -0.2) is 18.4 Å². The molecule has 2 rings (SSSR count). The molecule has 0 aliphatic carbocycles. The molecule has 0 radical (unpaired) electrons. The topological polar surface area (TPSA) is 89.3 Å². The third-order valence-corrected chi connectivity index (χ3v) is 3.17. The van der Waals surface area contributed by atoms with Crippen molar-refractivity contribution in [3.8, 4) is 5.75 Å². The minimum atomic E-state index is 0.403. The summed E-state index contributed by atoms with van der Waals surface area (Å²) >= 11 is 6.02. The zero-order chi connectivity index (χ0) is 16.4. The summed E-state index contributed by atoms with van der Waals surface area (Å²) in [5, 5.41) is 3.73. The van der Waals surface area contributed by atoms with E-state index < -0.39 is 0 Å². The Morgan fingerprint density at radius 3 is 2.73 bits per heavy atom. The molecule has 2 aromatic rings.